The first kappa shape index (κ1) is 34.6. The van der Waals surface area contributed by atoms with Gasteiger partial charge in [-0.15, -0.1) is 22.7 Å². The second-order valence-corrected chi connectivity index (χ2v) is 18.0. The zero-order valence-corrected chi connectivity index (χ0v) is 34.4. The Morgan fingerprint density at radius 3 is 2.05 bits per heavy atom. The summed E-state index contributed by atoms with van der Waals surface area (Å²) in [7, 11) is 0. The Kier molecular flexibility index (Phi) is 7.74. The molecule has 1 aliphatic rings. The summed E-state index contributed by atoms with van der Waals surface area (Å²) in [6, 6.07) is 58.3. The van der Waals surface area contributed by atoms with Crippen molar-refractivity contribution < 1.29 is 4.42 Å². The normalized spacial score (nSPS) is 12.7. The van der Waals surface area contributed by atoms with E-state index < -0.39 is 0 Å². The highest BCUT2D eigenvalue weighted by atomic mass is 32.1. The van der Waals surface area contributed by atoms with Gasteiger partial charge < -0.3 is 4.42 Å². The first-order chi connectivity index (χ1) is 30.2. The van der Waals surface area contributed by atoms with Crippen LogP contribution in [0.25, 0.3) is 125 Å². The third kappa shape index (κ3) is 5.60. The third-order valence-electron chi connectivity index (χ3n) is 12.2. The van der Waals surface area contributed by atoms with Crippen LogP contribution in [0, 0.1) is 0 Å². The first-order valence-corrected chi connectivity index (χ1v) is 22.3. The Hall–Kier alpha value is -7.25. The van der Waals surface area contributed by atoms with Gasteiger partial charge in [0.25, 0.3) is 0 Å². The number of hydrogen-bond acceptors (Lipinski definition) is 6. The standard InChI is InChI=1S/C55H33N3OS2/c1-2-11-32(12-3-1)34-25-23-33-24-26-35(30-37(33)29-34)53-56-54(36-27-28-39-38-13-4-6-20-46(38)61-49(39)31-36)58-55(57-53)44-18-9-19-45-50(44)43-17-8-16-41(52(43)59-45)40-15-10-22-48-51(40)42-14-5-7-21-47(42)60-48/h1-6,8-20,22-31H,7,21H2. The molecule has 0 radical (unpaired) electrons. The molecule has 61 heavy (non-hydrogen) atoms. The summed E-state index contributed by atoms with van der Waals surface area (Å²) in [5, 5.41) is 8.13. The molecular formula is C55H33N3OS2. The minimum atomic E-state index is 0.604. The van der Waals surface area contributed by atoms with Crippen molar-refractivity contribution in [3.05, 3.63) is 180 Å². The van der Waals surface area contributed by atoms with Crippen LogP contribution in [0.2, 0.25) is 0 Å². The molecule has 0 atom stereocenters. The van der Waals surface area contributed by atoms with Crippen molar-refractivity contribution in [2.24, 2.45) is 0 Å². The SMILES string of the molecule is C1=Cc2c(sc3cccc(-c4cccc5c4oc4cccc(-c6nc(-c7ccc8ccc(-c9ccccc9)cc8c7)nc(-c7ccc8c(c7)sc7ccccc78)n6)c45)c23)CC1. The number of hydrogen-bond donors (Lipinski definition) is 0. The smallest absolute Gasteiger partial charge is 0.164 e. The van der Waals surface area contributed by atoms with Crippen LogP contribution in [0.1, 0.15) is 16.9 Å². The van der Waals surface area contributed by atoms with Crippen LogP contribution in [0.3, 0.4) is 0 Å². The summed E-state index contributed by atoms with van der Waals surface area (Å²) in [5.41, 5.74) is 10.4. The van der Waals surface area contributed by atoms with Crippen molar-refractivity contribution in [3.63, 3.8) is 0 Å². The topological polar surface area (TPSA) is 51.8 Å². The Morgan fingerprint density at radius 1 is 0.443 bits per heavy atom. The van der Waals surface area contributed by atoms with Crippen LogP contribution in [0.4, 0.5) is 0 Å². The summed E-state index contributed by atoms with van der Waals surface area (Å²) in [5.74, 6) is 1.85. The Labute approximate surface area is 358 Å². The van der Waals surface area contributed by atoms with Crippen molar-refractivity contribution in [1.29, 1.82) is 0 Å². The number of nitrogens with zero attached hydrogens (tertiary/aromatic N) is 3. The van der Waals surface area contributed by atoms with E-state index in [4.69, 9.17) is 19.4 Å². The van der Waals surface area contributed by atoms with Gasteiger partial charge in [-0.05, 0) is 82.3 Å². The van der Waals surface area contributed by atoms with Gasteiger partial charge in [-0.1, -0.05) is 140 Å². The molecule has 0 N–H and O–H groups in total. The lowest BCUT2D eigenvalue weighted by molar-refractivity contribution is 0.670. The van der Waals surface area contributed by atoms with Crippen LogP contribution in [-0.2, 0) is 6.42 Å². The maximum atomic E-state index is 6.89. The monoisotopic (exact) mass is 815 g/mol. The van der Waals surface area contributed by atoms with E-state index in [0.717, 1.165) is 67.8 Å². The van der Waals surface area contributed by atoms with Gasteiger partial charge in [0, 0.05) is 68.2 Å². The van der Waals surface area contributed by atoms with Crippen molar-refractivity contribution in [2.45, 2.75) is 12.8 Å². The van der Waals surface area contributed by atoms with E-state index in [1.165, 1.54) is 57.4 Å². The highest BCUT2D eigenvalue weighted by molar-refractivity contribution is 7.25. The van der Waals surface area contributed by atoms with Crippen molar-refractivity contribution >= 4 is 91.7 Å². The van der Waals surface area contributed by atoms with E-state index in [-0.39, 0.29) is 0 Å². The molecule has 0 aliphatic heterocycles. The molecular weight excluding hydrogens is 783 g/mol. The molecule has 13 rings (SSSR count). The third-order valence-corrected chi connectivity index (χ3v) is 14.5. The Morgan fingerprint density at radius 2 is 1.13 bits per heavy atom. The predicted octanol–water partition coefficient (Wildman–Crippen LogP) is 15.8. The molecule has 0 saturated heterocycles. The maximum absolute atomic E-state index is 6.89. The molecule has 0 unspecified atom stereocenters. The summed E-state index contributed by atoms with van der Waals surface area (Å²) >= 11 is 3.71. The molecule has 1 aliphatic carbocycles. The minimum absolute atomic E-state index is 0.604. The highest BCUT2D eigenvalue weighted by Crippen LogP contribution is 2.46. The average molecular weight is 816 g/mol. The molecule has 0 amide bonds. The lowest BCUT2D eigenvalue weighted by Gasteiger charge is -2.11. The van der Waals surface area contributed by atoms with Crippen LogP contribution in [0.5, 0.6) is 0 Å². The summed E-state index contributed by atoms with van der Waals surface area (Å²) in [4.78, 5) is 17.3. The van der Waals surface area contributed by atoms with Gasteiger partial charge in [-0.25, -0.2) is 15.0 Å². The quantitative estimate of drug-likeness (QED) is 0.174. The van der Waals surface area contributed by atoms with Crippen LogP contribution in [0.15, 0.2) is 174 Å². The number of benzene rings is 8. The number of furan rings is 1. The van der Waals surface area contributed by atoms with Crippen LogP contribution >= 0.6 is 22.7 Å². The van der Waals surface area contributed by atoms with Gasteiger partial charge >= 0.3 is 0 Å². The molecule has 0 fully saturated rings. The zero-order chi connectivity index (χ0) is 40.0. The second-order valence-electron chi connectivity index (χ2n) is 15.8. The number of aryl methyl sites for hydroxylation is 1. The Bertz CT molecular complexity index is 3780. The lowest BCUT2D eigenvalue weighted by Crippen LogP contribution is -2.00. The van der Waals surface area contributed by atoms with Gasteiger partial charge in [0.15, 0.2) is 17.5 Å². The van der Waals surface area contributed by atoms with Gasteiger partial charge in [0.2, 0.25) is 0 Å². The molecule has 6 heteroatoms. The van der Waals surface area contributed by atoms with E-state index >= 15 is 0 Å². The largest absolute Gasteiger partial charge is 0.455 e. The lowest BCUT2D eigenvalue weighted by atomic mass is 9.94. The molecule has 4 nitrogen and oxygen atoms in total. The van der Waals surface area contributed by atoms with E-state index in [0.29, 0.717) is 17.5 Å². The van der Waals surface area contributed by atoms with Crippen LogP contribution in [-0.4, -0.2) is 15.0 Å². The molecule has 8 aromatic carbocycles. The fourth-order valence-electron chi connectivity index (χ4n) is 9.28. The maximum Gasteiger partial charge on any atom is 0.164 e. The molecule has 0 saturated carbocycles. The van der Waals surface area contributed by atoms with Gasteiger partial charge in [0.05, 0.1) is 0 Å². The average Bonchev–Trinajstić information content (AvgIpc) is 4.02. The minimum Gasteiger partial charge on any atom is -0.455 e. The highest BCUT2D eigenvalue weighted by Gasteiger charge is 2.22. The number of thiophene rings is 2. The predicted molar refractivity (Wildman–Crippen MR) is 257 cm³/mol. The number of fused-ring (bicyclic) bond motifs is 10. The molecule has 0 bridgehead atoms. The van der Waals surface area contributed by atoms with E-state index in [2.05, 4.69) is 170 Å². The molecule has 12 aromatic rings. The molecule has 286 valence electrons. The fourth-order valence-corrected chi connectivity index (χ4v) is 11.7. The van der Waals surface area contributed by atoms with E-state index in [1.807, 2.05) is 17.4 Å². The number of para-hydroxylation sites is 1. The van der Waals surface area contributed by atoms with Gasteiger partial charge in [0.1, 0.15) is 11.2 Å². The summed E-state index contributed by atoms with van der Waals surface area (Å²) in [6.45, 7) is 0. The van der Waals surface area contributed by atoms with Crippen LogP contribution < -0.4 is 0 Å². The van der Waals surface area contributed by atoms with Crippen molar-refractivity contribution in [3.8, 4) is 56.4 Å². The number of rotatable bonds is 5. The molecule has 4 aromatic heterocycles. The summed E-state index contributed by atoms with van der Waals surface area (Å²) in [6.07, 6.45) is 6.79. The number of aromatic nitrogens is 3. The van der Waals surface area contributed by atoms with Gasteiger partial charge in [-0.2, -0.15) is 0 Å². The van der Waals surface area contributed by atoms with Crippen molar-refractivity contribution in [1.82, 2.24) is 15.0 Å². The van der Waals surface area contributed by atoms with Gasteiger partial charge in [-0.3, -0.25) is 0 Å². The van der Waals surface area contributed by atoms with Crippen molar-refractivity contribution in [2.75, 3.05) is 0 Å². The number of allylic oxidation sites excluding steroid dienone is 1. The first-order valence-electron chi connectivity index (χ1n) is 20.6. The fraction of sp³-hybridized carbons (Fsp3) is 0.0364. The molecule has 4 heterocycles. The molecule has 0 spiro atoms. The summed E-state index contributed by atoms with van der Waals surface area (Å²) < 4.78 is 10.7. The second kappa shape index (κ2) is 13.6. The van der Waals surface area contributed by atoms with E-state index in [1.54, 1.807) is 11.3 Å². The Balaban J connectivity index is 1.02. The zero-order valence-electron chi connectivity index (χ0n) is 32.7. The van der Waals surface area contributed by atoms with E-state index in [9.17, 15) is 0 Å².